The Kier molecular flexibility index (Phi) is 6.06. The van der Waals surface area contributed by atoms with E-state index in [2.05, 4.69) is 10.4 Å². The predicted octanol–water partition coefficient (Wildman–Crippen LogP) is 1.86. The molecule has 1 aliphatic heterocycles. The molecule has 12 heteroatoms. The van der Waals surface area contributed by atoms with Crippen molar-refractivity contribution in [1.82, 2.24) is 9.78 Å². The monoisotopic (exact) mass is 452 g/mol. The van der Waals surface area contributed by atoms with Crippen LogP contribution in [0.15, 0.2) is 29.1 Å². The number of halogens is 3. The van der Waals surface area contributed by atoms with Crippen molar-refractivity contribution in [2.45, 2.75) is 32.5 Å². The van der Waals surface area contributed by atoms with Crippen molar-refractivity contribution in [3.05, 3.63) is 51.4 Å². The summed E-state index contributed by atoms with van der Waals surface area (Å²) in [6.45, 7) is 1.95. The number of benzene rings is 1. The van der Waals surface area contributed by atoms with Crippen LogP contribution in [0.25, 0.3) is 0 Å². The molecule has 2 amide bonds. The van der Waals surface area contributed by atoms with Gasteiger partial charge in [0.05, 0.1) is 23.5 Å². The van der Waals surface area contributed by atoms with Crippen molar-refractivity contribution in [2.75, 3.05) is 16.8 Å². The standard InChI is InChI=1S/C20H19F3N4O5/c1-10-11(2)25-26(3)18(30)17(10)19(31)32-9-16(29)27-13-7-5-4-6-12(13)24-15(28)8-14(27)20(21,22)23/h4-7,14H,8-9H2,1-3H3,(H,24,28). The van der Waals surface area contributed by atoms with Gasteiger partial charge in [-0.05, 0) is 31.5 Å². The molecule has 3 rings (SSSR count). The number of rotatable bonds is 3. The zero-order valence-electron chi connectivity index (χ0n) is 17.3. The van der Waals surface area contributed by atoms with Gasteiger partial charge < -0.3 is 10.1 Å². The van der Waals surface area contributed by atoms with Crippen molar-refractivity contribution < 1.29 is 32.3 Å². The minimum Gasteiger partial charge on any atom is -0.452 e. The van der Waals surface area contributed by atoms with Crippen LogP contribution in [0.3, 0.4) is 0 Å². The summed E-state index contributed by atoms with van der Waals surface area (Å²) in [6, 6.07) is 3.02. The highest BCUT2D eigenvalue weighted by Gasteiger charge is 2.49. The molecule has 1 aromatic heterocycles. The largest absolute Gasteiger partial charge is 0.452 e. The third-order valence-corrected chi connectivity index (χ3v) is 5.03. The predicted molar refractivity (Wildman–Crippen MR) is 106 cm³/mol. The zero-order chi connectivity index (χ0) is 23.8. The summed E-state index contributed by atoms with van der Waals surface area (Å²) in [6.07, 6.45) is -5.95. The molecule has 1 N–H and O–H groups in total. The molecule has 0 radical (unpaired) electrons. The summed E-state index contributed by atoms with van der Waals surface area (Å²) in [4.78, 5) is 50.0. The summed E-state index contributed by atoms with van der Waals surface area (Å²) >= 11 is 0. The van der Waals surface area contributed by atoms with E-state index >= 15 is 0 Å². The third kappa shape index (κ3) is 4.34. The van der Waals surface area contributed by atoms with Crippen LogP contribution in [0.5, 0.6) is 0 Å². The molecule has 1 unspecified atom stereocenters. The van der Waals surface area contributed by atoms with E-state index in [9.17, 15) is 32.3 Å². The van der Waals surface area contributed by atoms with Gasteiger partial charge in [-0.3, -0.25) is 19.3 Å². The van der Waals surface area contributed by atoms with E-state index in [1.165, 1.54) is 38.2 Å². The highest BCUT2D eigenvalue weighted by Crippen LogP contribution is 2.37. The van der Waals surface area contributed by atoms with Gasteiger partial charge in [0, 0.05) is 7.05 Å². The molecule has 1 atom stereocenters. The molecule has 9 nitrogen and oxygen atoms in total. The Morgan fingerprint density at radius 2 is 1.88 bits per heavy atom. The molecule has 32 heavy (non-hydrogen) atoms. The average molecular weight is 452 g/mol. The van der Waals surface area contributed by atoms with Gasteiger partial charge in [0.15, 0.2) is 6.61 Å². The molecular formula is C20H19F3N4O5. The number of ether oxygens (including phenoxy) is 1. The van der Waals surface area contributed by atoms with Crippen LogP contribution >= 0.6 is 0 Å². The molecule has 0 fully saturated rings. The molecule has 0 aliphatic carbocycles. The Hall–Kier alpha value is -3.70. The number of aryl methyl sites for hydroxylation is 2. The number of nitrogens with one attached hydrogen (secondary N) is 1. The SMILES string of the molecule is Cc1nn(C)c(=O)c(C(=O)OCC(=O)N2c3ccccc3NC(=O)CC2C(F)(F)F)c1C. The summed E-state index contributed by atoms with van der Waals surface area (Å²) in [7, 11) is 1.32. The number of para-hydroxylation sites is 2. The highest BCUT2D eigenvalue weighted by molar-refractivity contribution is 6.05. The fraction of sp³-hybridized carbons (Fsp3) is 0.350. The van der Waals surface area contributed by atoms with Crippen molar-refractivity contribution in [2.24, 2.45) is 7.05 Å². The normalized spacial score (nSPS) is 16.1. The number of alkyl halides is 3. The van der Waals surface area contributed by atoms with E-state index < -0.39 is 48.6 Å². The molecule has 170 valence electrons. The lowest BCUT2D eigenvalue weighted by Crippen LogP contribution is -2.51. The molecule has 2 heterocycles. The van der Waals surface area contributed by atoms with Crippen molar-refractivity contribution >= 4 is 29.2 Å². The van der Waals surface area contributed by atoms with Gasteiger partial charge in [0.1, 0.15) is 11.6 Å². The van der Waals surface area contributed by atoms with Crippen LogP contribution in [0.2, 0.25) is 0 Å². The van der Waals surface area contributed by atoms with Crippen molar-refractivity contribution in [3.63, 3.8) is 0 Å². The second kappa shape index (κ2) is 8.44. The van der Waals surface area contributed by atoms with Gasteiger partial charge in [-0.1, -0.05) is 12.1 Å². The van der Waals surface area contributed by atoms with Crippen LogP contribution in [-0.4, -0.2) is 46.4 Å². The number of hydrogen-bond acceptors (Lipinski definition) is 6. The lowest BCUT2D eigenvalue weighted by Gasteiger charge is -2.31. The summed E-state index contributed by atoms with van der Waals surface area (Å²) in [5.74, 6) is -3.29. The number of hydrogen-bond donors (Lipinski definition) is 1. The number of anilines is 2. The van der Waals surface area contributed by atoms with Crippen LogP contribution in [0, 0.1) is 13.8 Å². The second-order valence-corrected chi connectivity index (χ2v) is 7.18. The lowest BCUT2D eigenvalue weighted by atomic mass is 10.1. The smallest absolute Gasteiger partial charge is 0.409 e. The average Bonchev–Trinajstić information content (AvgIpc) is 2.86. The number of nitrogens with zero attached hydrogens (tertiary/aromatic N) is 3. The first kappa shape index (κ1) is 23.0. The van der Waals surface area contributed by atoms with E-state index in [1.807, 2.05) is 0 Å². The number of esters is 1. The number of carbonyl (C=O) groups is 3. The molecule has 1 aliphatic rings. The number of fused-ring (bicyclic) bond motifs is 1. The maximum Gasteiger partial charge on any atom is 0.409 e. The van der Waals surface area contributed by atoms with Crippen LogP contribution in [0.1, 0.15) is 28.0 Å². The first-order chi connectivity index (χ1) is 14.9. The maximum absolute atomic E-state index is 13.7. The van der Waals surface area contributed by atoms with Crippen molar-refractivity contribution in [3.8, 4) is 0 Å². The fourth-order valence-electron chi connectivity index (χ4n) is 3.35. The fourth-order valence-corrected chi connectivity index (χ4v) is 3.35. The van der Waals surface area contributed by atoms with Crippen LogP contribution in [-0.2, 0) is 21.4 Å². The maximum atomic E-state index is 13.7. The van der Waals surface area contributed by atoms with Gasteiger partial charge in [-0.2, -0.15) is 18.3 Å². The quantitative estimate of drug-likeness (QED) is 0.712. The van der Waals surface area contributed by atoms with Gasteiger partial charge in [0.2, 0.25) is 5.91 Å². The van der Waals surface area contributed by atoms with Crippen LogP contribution < -0.4 is 15.8 Å². The Morgan fingerprint density at radius 3 is 2.53 bits per heavy atom. The minimum absolute atomic E-state index is 0.0124. The minimum atomic E-state index is -4.93. The summed E-state index contributed by atoms with van der Waals surface area (Å²) in [5, 5.41) is 6.26. The van der Waals surface area contributed by atoms with E-state index in [1.54, 1.807) is 6.92 Å². The molecule has 0 saturated carbocycles. The van der Waals surface area contributed by atoms with Gasteiger partial charge in [0.25, 0.3) is 11.5 Å². The number of carbonyl (C=O) groups excluding carboxylic acids is 3. The highest BCUT2D eigenvalue weighted by atomic mass is 19.4. The van der Waals surface area contributed by atoms with E-state index in [4.69, 9.17) is 4.74 Å². The first-order valence-corrected chi connectivity index (χ1v) is 9.41. The third-order valence-electron chi connectivity index (χ3n) is 5.03. The van der Waals surface area contributed by atoms with E-state index in [-0.39, 0.29) is 22.5 Å². The molecular weight excluding hydrogens is 433 g/mol. The lowest BCUT2D eigenvalue weighted by molar-refractivity contribution is -0.158. The van der Waals surface area contributed by atoms with Crippen molar-refractivity contribution in [1.29, 1.82) is 0 Å². The number of aromatic nitrogens is 2. The van der Waals surface area contributed by atoms with Gasteiger partial charge >= 0.3 is 12.1 Å². The molecule has 0 spiro atoms. The Bertz CT molecular complexity index is 1160. The molecule has 1 aromatic carbocycles. The summed E-state index contributed by atoms with van der Waals surface area (Å²) < 4.78 is 47.0. The number of amides is 2. The zero-order valence-corrected chi connectivity index (χ0v) is 17.3. The second-order valence-electron chi connectivity index (χ2n) is 7.18. The topological polar surface area (TPSA) is 111 Å². The Labute approximate surface area is 179 Å². The molecule has 2 aromatic rings. The Balaban J connectivity index is 1.93. The van der Waals surface area contributed by atoms with Crippen LogP contribution in [0.4, 0.5) is 24.5 Å². The van der Waals surface area contributed by atoms with E-state index in [0.29, 0.717) is 10.6 Å². The van der Waals surface area contributed by atoms with Gasteiger partial charge in [-0.25, -0.2) is 9.48 Å². The van der Waals surface area contributed by atoms with E-state index in [0.717, 1.165) is 4.68 Å². The first-order valence-electron chi connectivity index (χ1n) is 9.41. The van der Waals surface area contributed by atoms with Gasteiger partial charge in [-0.15, -0.1) is 0 Å². The molecule has 0 bridgehead atoms. The molecule has 0 saturated heterocycles. The summed E-state index contributed by atoms with van der Waals surface area (Å²) in [5.41, 5.74) is -0.712. The Morgan fingerprint density at radius 1 is 1.22 bits per heavy atom.